The molecule has 64 valence electrons. The van der Waals surface area contributed by atoms with E-state index in [-0.39, 0.29) is 0 Å². The molecular formula is C8H10ClN3. The van der Waals surface area contributed by atoms with E-state index in [2.05, 4.69) is 21.9 Å². The van der Waals surface area contributed by atoms with Gasteiger partial charge in [-0.05, 0) is 6.42 Å². The minimum Gasteiger partial charge on any atom is -0.368 e. The van der Waals surface area contributed by atoms with Gasteiger partial charge in [0.1, 0.15) is 11.0 Å². The molecule has 0 bridgehead atoms. The maximum atomic E-state index is 5.62. The third kappa shape index (κ3) is 2.88. The second kappa shape index (κ2) is 4.72. The fourth-order valence-electron chi connectivity index (χ4n) is 0.730. The van der Waals surface area contributed by atoms with Crippen molar-refractivity contribution in [3.05, 3.63) is 30.2 Å². The van der Waals surface area contributed by atoms with Crippen LogP contribution in [0.3, 0.4) is 0 Å². The number of aromatic nitrogens is 2. The number of nitrogens with zero attached hydrogens (tertiary/aromatic N) is 2. The molecule has 0 saturated heterocycles. The predicted octanol–water partition coefficient (Wildman–Crippen LogP) is 2.12. The first-order valence-electron chi connectivity index (χ1n) is 3.65. The van der Waals surface area contributed by atoms with Gasteiger partial charge in [0.2, 0.25) is 0 Å². The lowest BCUT2D eigenvalue weighted by molar-refractivity contribution is 1.04. The van der Waals surface area contributed by atoms with Gasteiger partial charge < -0.3 is 5.32 Å². The molecule has 0 aliphatic carbocycles. The molecule has 1 aromatic heterocycles. The Kier molecular flexibility index (Phi) is 3.54. The molecule has 0 atom stereocenters. The molecule has 0 radical (unpaired) electrons. The Bertz CT molecular complexity index is 262. The van der Waals surface area contributed by atoms with Crippen LogP contribution >= 0.6 is 11.6 Å². The van der Waals surface area contributed by atoms with Crippen LogP contribution in [0, 0.1) is 0 Å². The number of hydrogen-bond acceptors (Lipinski definition) is 3. The highest BCUT2D eigenvalue weighted by Crippen LogP contribution is 2.06. The maximum absolute atomic E-state index is 5.62. The minimum atomic E-state index is 0.401. The molecule has 0 fully saturated rings. The van der Waals surface area contributed by atoms with E-state index in [0.29, 0.717) is 11.0 Å². The Hall–Kier alpha value is -1.09. The zero-order valence-electron chi connectivity index (χ0n) is 6.63. The smallest absolute Gasteiger partial charge is 0.149 e. The van der Waals surface area contributed by atoms with Crippen molar-refractivity contribution in [2.24, 2.45) is 0 Å². The summed E-state index contributed by atoms with van der Waals surface area (Å²) >= 11 is 5.62. The first-order valence-corrected chi connectivity index (χ1v) is 4.03. The van der Waals surface area contributed by atoms with E-state index in [9.17, 15) is 0 Å². The van der Waals surface area contributed by atoms with Crippen LogP contribution in [0.15, 0.2) is 25.0 Å². The summed E-state index contributed by atoms with van der Waals surface area (Å²) in [5.74, 6) is 0.698. The van der Waals surface area contributed by atoms with Crippen LogP contribution in [-0.2, 0) is 0 Å². The van der Waals surface area contributed by atoms with Crippen molar-refractivity contribution in [1.29, 1.82) is 0 Å². The van der Waals surface area contributed by atoms with Crippen molar-refractivity contribution < 1.29 is 0 Å². The van der Waals surface area contributed by atoms with Gasteiger partial charge in [0.05, 0.1) is 12.4 Å². The lowest BCUT2D eigenvalue weighted by Crippen LogP contribution is -2.02. The van der Waals surface area contributed by atoms with Gasteiger partial charge in [-0.2, -0.15) is 0 Å². The van der Waals surface area contributed by atoms with Gasteiger partial charge in [-0.25, -0.2) is 4.98 Å². The molecule has 0 spiro atoms. The maximum Gasteiger partial charge on any atom is 0.149 e. The first-order chi connectivity index (χ1) is 5.83. The molecule has 4 heteroatoms. The summed E-state index contributed by atoms with van der Waals surface area (Å²) in [7, 11) is 0. The summed E-state index contributed by atoms with van der Waals surface area (Å²) in [6.45, 7) is 4.41. The third-order valence-electron chi connectivity index (χ3n) is 1.26. The lowest BCUT2D eigenvalue weighted by Gasteiger charge is -2.01. The van der Waals surface area contributed by atoms with E-state index in [1.165, 1.54) is 6.20 Å². The molecule has 3 nitrogen and oxygen atoms in total. The van der Waals surface area contributed by atoms with Gasteiger partial charge in [-0.3, -0.25) is 4.98 Å². The number of anilines is 1. The molecule has 0 aliphatic heterocycles. The van der Waals surface area contributed by atoms with E-state index < -0.39 is 0 Å². The van der Waals surface area contributed by atoms with Gasteiger partial charge in [-0.1, -0.05) is 17.7 Å². The van der Waals surface area contributed by atoms with Crippen molar-refractivity contribution in [1.82, 2.24) is 9.97 Å². The summed E-state index contributed by atoms with van der Waals surface area (Å²) in [5.41, 5.74) is 0. The van der Waals surface area contributed by atoms with Gasteiger partial charge in [0, 0.05) is 6.54 Å². The van der Waals surface area contributed by atoms with Crippen molar-refractivity contribution >= 4 is 17.4 Å². The molecule has 1 rings (SSSR count). The van der Waals surface area contributed by atoms with Crippen LogP contribution in [0.4, 0.5) is 5.82 Å². The Morgan fingerprint density at radius 2 is 2.42 bits per heavy atom. The van der Waals surface area contributed by atoms with E-state index in [0.717, 1.165) is 13.0 Å². The zero-order valence-corrected chi connectivity index (χ0v) is 7.38. The van der Waals surface area contributed by atoms with Crippen molar-refractivity contribution in [2.45, 2.75) is 6.42 Å². The van der Waals surface area contributed by atoms with Crippen molar-refractivity contribution in [3.8, 4) is 0 Å². The third-order valence-corrected chi connectivity index (χ3v) is 1.44. The first kappa shape index (κ1) is 9.00. The highest BCUT2D eigenvalue weighted by molar-refractivity contribution is 6.29. The van der Waals surface area contributed by atoms with Crippen LogP contribution in [-0.4, -0.2) is 16.5 Å². The van der Waals surface area contributed by atoms with Crippen LogP contribution < -0.4 is 5.32 Å². The molecule has 12 heavy (non-hydrogen) atoms. The Morgan fingerprint density at radius 1 is 1.58 bits per heavy atom. The standard InChI is InChI=1S/C8H10ClN3/c1-2-3-4-11-8-6-10-5-7(9)12-8/h2,5-6H,1,3-4H2,(H,11,12). The average Bonchev–Trinajstić information content (AvgIpc) is 2.05. The summed E-state index contributed by atoms with van der Waals surface area (Å²) in [6.07, 6.45) is 5.87. The highest BCUT2D eigenvalue weighted by Gasteiger charge is 1.93. The zero-order chi connectivity index (χ0) is 8.81. The number of rotatable bonds is 4. The number of hydrogen-bond donors (Lipinski definition) is 1. The van der Waals surface area contributed by atoms with Gasteiger partial charge in [0.15, 0.2) is 0 Å². The molecule has 1 heterocycles. The SMILES string of the molecule is C=CCCNc1cncc(Cl)n1. The molecule has 1 aromatic rings. The van der Waals surface area contributed by atoms with Crippen molar-refractivity contribution in [2.75, 3.05) is 11.9 Å². The summed E-state index contributed by atoms with van der Waals surface area (Å²) in [6, 6.07) is 0. The minimum absolute atomic E-state index is 0.401. The molecule has 0 amide bonds. The Morgan fingerprint density at radius 3 is 3.08 bits per heavy atom. The van der Waals surface area contributed by atoms with Gasteiger partial charge in [0.25, 0.3) is 0 Å². The topological polar surface area (TPSA) is 37.8 Å². The fraction of sp³-hybridized carbons (Fsp3) is 0.250. The molecule has 0 aliphatic rings. The molecule has 0 saturated carbocycles. The summed E-state index contributed by atoms with van der Waals surface area (Å²) < 4.78 is 0. The molecule has 1 N–H and O–H groups in total. The summed E-state index contributed by atoms with van der Waals surface area (Å²) in [4.78, 5) is 7.88. The quantitative estimate of drug-likeness (QED) is 0.574. The van der Waals surface area contributed by atoms with Gasteiger partial charge in [-0.15, -0.1) is 6.58 Å². The van der Waals surface area contributed by atoms with Crippen LogP contribution in [0.2, 0.25) is 5.15 Å². The number of halogens is 1. The summed E-state index contributed by atoms with van der Waals surface area (Å²) in [5, 5.41) is 3.46. The van der Waals surface area contributed by atoms with Crippen molar-refractivity contribution in [3.63, 3.8) is 0 Å². The normalized spacial score (nSPS) is 9.42. The molecule has 0 unspecified atom stereocenters. The van der Waals surface area contributed by atoms with Crippen LogP contribution in [0.25, 0.3) is 0 Å². The van der Waals surface area contributed by atoms with E-state index in [1.54, 1.807) is 6.20 Å². The van der Waals surface area contributed by atoms with Crippen LogP contribution in [0.1, 0.15) is 6.42 Å². The average molecular weight is 184 g/mol. The largest absolute Gasteiger partial charge is 0.368 e. The predicted molar refractivity (Wildman–Crippen MR) is 50.3 cm³/mol. The Balaban J connectivity index is 2.46. The lowest BCUT2D eigenvalue weighted by atomic mass is 10.4. The molecule has 0 aromatic carbocycles. The van der Waals surface area contributed by atoms with E-state index in [1.807, 2.05) is 6.08 Å². The number of nitrogens with one attached hydrogen (secondary N) is 1. The fourth-order valence-corrected chi connectivity index (χ4v) is 0.877. The molecular weight excluding hydrogens is 174 g/mol. The highest BCUT2D eigenvalue weighted by atomic mass is 35.5. The van der Waals surface area contributed by atoms with E-state index in [4.69, 9.17) is 11.6 Å². The second-order valence-corrected chi connectivity index (χ2v) is 2.62. The van der Waals surface area contributed by atoms with Crippen LogP contribution in [0.5, 0.6) is 0 Å². The van der Waals surface area contributed by atoms with E-state index >= 15 is 0 Å². The monoisotopic (exact) mass is 183 g/mol. The van der Waals surface area contributed by atoms with Gasteiger partial charge >= 0.3 is 0 Å². The second-order valence-electron chi connectivity index (χ2n) is 2.23. The Labute approximate surface area is 76.5 Å².